The minimum absolute atomic E-state index is 0.262. The molecule has 0 fully saturated rings. The number of carbonyl (C=O) groups is 2. The number of aliphatic hydroxyl groups excluding tert-OH is 3. The molecule has 0 aromatic carbocycles. The molecule has 0 amide bonds. The van der Waals surface area contributed by atoms with E-state index in [9.17, 15) is 9.59 Å². The summed E-state index contributed by atoms with van der Waals surface area (Å²) in [5.41, 5.74) is 0. The molecule has 0 bridgehead atoms. The summed E-state index contributed by atoms with van der Waals surface area (Å²) in [6.45, 7) is 2.37. The summed E-state index contributed by atoms with van der Waals surface area (Å²) >= 11 is 0. The first-order valence-electron chi connectivity index (χ1n) is 4.07. The number of ether oxygens (including phenoxy) is 1. The summed E-state index contributed by atoms with van der Waals surface area (Å²) < 4.78 is 4.31. The normalized spacial score (nSPS) is 9.00. The van der Waals surface area contributed by atoms with Gasteiger partial charge >= 0.3 is 5.97 Å². The van der Waals surface area contributed by atoms with Crippen LogP contribution in [-0.4, -0.2) is 53.0 Å². The lowest BCUT2D eigenvalue weighted by Gasteiger charge is -1.96. The minimum atomic E-state index is -0.954. The Morgan fingerprint density at radius 3 is 1.79 bits per heavy atom. The number of aliphatic hydroxyl groups is 3. The van der Waals surface area contributed by atoms with Crippen LogP contribution in [-0.2, 0) is 14.3 Å². The molecule has 3 N–H and O–H groups in total. The number of Topliss-reactive ketones (excluding diaryl/α,β-unsaturated/α-hetero) is 1. The largest absolute Gasteiger partial charge is 0.460 e. The van der Waals surface area contributed by atoms with E-state index in [1.165, 1.54) is 6.92 Å². The SMILES string of the molecule is CCOC(=O)C(C)=O.OCC(O)CO. The van der Waals surface area contributed by atoms with Gasteiger partial charge in [0, 0.05) is 6.92 Å². The third-order valence-electron chi connectivity index (χ3n) is 0.984. The molecule has 6 heteroatoms. The van der Waals surface area contributed by atoms with Crippen molar-refractivity contribution in [1.29, 1.82) is 0 Å². The Bertz CT molecular complexity index is 163. The summed E-state index contributed by atoms with van der Waals surface area (Å²) in [6, 6.07) is 0. The molecule has 84 valence electrons. The average molecular weight is 208 g/mol. The fourth-order valence-electron chi connectivity index (χ4n) is 0.290. The van der Waals surface area contributed by atoms with E-state index in [0.29, 0.717) is 0 Å². The van der Waals surface area contributed by atoms with Crippen LogP contribution in [0.25, 0.3) is 0 Å². The summed E-state index contributed by atoms with van der Waals surface area (Å²) in [6.07, 6.45) is -0.954. The fraction of sp³-hybridized carbons (Fsp3) is 0.750. The van der Waals surface area contributed by atoms with Crippen molar-refractivity contribution >= 4 is 11.8 Å². The molecule has 0 saturated heterocycles. The topological polar surface area (TPSA) is 104 Å². The van der Waals surface area contributed by atoms with E-state index in [0.717, 1.165) is 0 Å². The van der Waals surface area contributed by atoms with Gasteiger partial charge < -0.3 is 20.1 Å². The van der Waals surface area contributed by atoms with Crippen molar-refractivity contribution in [3.05, 3.63) is 0 Å². The molecule has 0 aliphatic carbocycles. The second-order valence-corrected chi connectivity index (χ2v) is 2.30. The van der Waals surface area contributed by atoms with Crippen LogP contribution in [0.2, 0.25) is 0 Å². The van der Waals surface area contributed by atoms with Gasteiger partial charge in [-0.3, -0.25) is 4.79 Å². The van der Waals surface area contributed by atoms with E-state index in [2.05, 4.69) is 4.74 Å². The lowest BCUT2D eigenvalue weighted by molar-refractivity contribution is -0.152. The number of esters is 1. The monoisotopic (exact) mass is 208 g/mol. The van der Waals surface area contributed by atoms with Crippen LogP contribution in [0.4, 0.5) is 0 Å². The van der Waals surface area contributed by atoms with Crippen LogP contribution < -0.4 is 0 Å². The van der Waals surface area contributed by atoms with Crippen molar-refractivity contribution in [2.75, 3.05) is 19.8 Å². The smallest absolute Gasteiger partial charge is 0.374 e. The Hall–Kier alpha value is -0.980. The molecule has 0 aromatic rings. The average Bonchev–Trinajstić information content (AvgIpc) is 2.18. The number of hydrogen-bond donors (Lipinski definition) is 3. The van der Waals surface area contributed by atoms with E-state index in [4.69, 9.17) is 15.3 Å². The number of ketones is 1. The molecule has 0 atom stereocenters. The summed E-state index contributed by atoms with van der Waals surface area (Å²) in [4.78, 5) is 20.2. The quantitative estimate of drug-likeness (QED) is 0.382. The van der Waals surface area contributed by atoms with Gasteiger partial charge in [0.2, 0.25) is 5.78 Å². The standard InChI is InChI=1S/C5H8O3.C3H8O3/c1-3-8-5(7)4(2)6;4-1-3(6)2-5/h3H2,1-2H3;3-6H,1-2H2. The summed E-state index contributed by atoms with van der Waals surface area (Å²) in [5, 5.41) is 24.0. The molecule has 14 heavy (non-hydrogen) atoms. The maximum atomic E-state index is 10.2. The Kier molecular flexibility index (Phi) is 11.2. The van der Waals surface area contributed by atoms with Crippen LogP contribution in [0.1, 0.15) is 13.8 Å². The van der Waals surface area contributed by atoms with Gasteiger partial charge in [-0.2, -0.15) is 0 Å². The molecular formula is C8H16O6. The zero-order chi connectivity index (χ0) is 11.6. The van der Waals surface area contributed by atoms with Crippen LogP contribution >= 0.6 is 0 Å². The Morgan fingerprint density at radius 1 is 1.29 bits per heavy atom. The van der Waals surface area contributed by atoms with E-state index in [1.807, 2.05) is 0 Å². The molecule has 0 saturated carbocycles. The molecule has 0 unspecified atom stereocenters. The van der Waals surface area contributed by atoms with Gasteiger partial charge in [-0.25, -0.2) is 4.79 Å². The van der Waals surface area contributed by atoms with Gasteiger partial charge in [0.15, 0.2) is 0 Å². The zero-order valence-electron chi connectivity index (χ0n) is 8.27. The predicted molar refractivity (Wildman–Crippen MR) is 47.5 cm³/mol. The molecule has 0 aromatic heterocycles. The first-order valence-corrected chi connectivity index (χ1v) is 4.07. The lowest BCUT2D eigenvalue weighted by atomic mass is 10.4. The van der Waals surface area contributed by atoms with Crippen molar-refractivity contribution in [1.82, 2.24) is 0 Å². The highest BCUT2D eigenvalue weighted by atomic mass is 16.5. The Balaban J connectivity index is 0. The molecule has 0 aliphatic rings. The van der Waals surface area contributed by atoms with Crippen LogP contribution in [0.15, 0.2) is 0 Å². The fourth-order valence-corrected chi connectivity index (χ4v) is 0.290. The van der Waals surface area contributed by atoms with Gasteiger partial charge in [-0.1, -0.05) is 0 Å². The van der Waals surface area contributed by atoms with Crippen molar-refractivity contribution < 1.29 is 29.6 Å². The third-order valence-corrected chi connectivity index (χ3v) is 0.984. The second-order valence-electron chi connectivity index (χ2n) is 2.30. The number of hydrogen-bond acceptors (Lipinski definition) is 6. The highest BCUT2D eigenvalue weighted by Gasteiger charge is 2.05. The van der Waals surface area contributed by atoms with Crippen LogP contribution in [0.5, 0.6) is 0 Å². The van der Waals surface area contributed by atoms with Gasteiger partial charge in [0.05, 0.1) is 19.8 Å². The number of carbonyl (C=O) groups excluding carboxylic acids is 2. The maximum Gasteiger partial charge on any atom is 0.374 e. The van der Waals surface area contributed by atoms with Crippen molar-refractivity contribution in [2.45, 2.75) is 20.0 Å². The first kappa shape index (κ1) is 15.5. The summed E-state index contributed by atoms with van der Waals surface area (Å²) in [7, 11) is 0. The third kappa shape index (κ3) is 11.0. The van der Waals surface area contributed by atoms with Gasteiger partial charge in [0.1, 0.15) is 6.10 Å². The van der Waals surface area contributed by atoms with Gasteiger partial charge in [-0.05, 0) is 6.92 Å². The molecule has 0 rings (SSSR count). The van der Waals surface area contributed by atoms with Crippen molar-refractivity contribution in [2.24, 2.45) is 0 Å². The van der Waals surface area contributed by atoms with Crippen molar-refractivity contribution in [3.8, 4) is 0 Å². The zero-order valence-corrected chi connectivity index (χ0v) is 8.27. The van der Waals surface area contributed by atoms with E-state index >= 15 is 0 Å². The highest BCUT2D eigenvalue weighted by molar-refractivity contribution is 6.32. The molecule has 0 heterocycles. The van der Waals surface area contributed by atoms with Crippen LogP contribution in [0.3, 0.4) is 0 Å². The van der Waals surface area contributed by atoms with E-state index in [-0.39, 0.29) is 19.8 Å². The van der Waals surface area contributed by atoms with Crippen molar-refractivity contribution in [3.63, 3.8) is 0 Å². The van der Waals surface area contributed by atoms with Crippen LogP contribution in [0, 0.1) is 0 Å². The number of rotatable bonds is 4. The molecule has 6 nitrogen and oxygen atoms in total. The molecular weight excluding hydrogens is 192 g/mol. The second kappa shape index (κ2) is 10.1. The molecule has 0 radical (unpaired) electrons. The first-order chi connectivity index (χ1) is 6.49. The summed E-state index contributed by atoms with van der Waals surface area (Å²) in [5.74, 6) is -1.31. The minimum Gasteiger partial charge on any atom is -0.460 e. The Labute approximate surface area is 82.1 Å². The molecule has 0 aliphatic heterocycles. The van der Waals surface area contributed by atoms with E-state index in [1.54, 1.807) is 6.92 Å². The molecule has 0 spiro atoms. The van der Waals surface area contributed by atoms with E-state index < -0.39 is 17.9 Å². The maximum absolute atomic E-state index is 10.2. The lowest BCUT2D eigenvalue weighted by Crippen LogP contribution is -2.15. The highest BCUT2D eigenvalue weighted by Crippen LogP contribution is 1.77. The van der Waals surface area contributed by atoms with Gasteiger partial charge in [-0.15, -0.1) is 0 Å². The predicted octanol–water partition coefficient (Wildman–Crippen LogP) is -1.53. The van der Waals surface area contributed by atoms with Gasteiger partial charge in [0.25, 0.3) is 0 Å². The Morgan fingerprint density at radius 2 is 1.71 bits per heavy atom.